The number of piperazine rings is 1. The SMILES string of the molecule is C=CC[C@H](c1ccsc1)N1CCNCC1. The number of nitrogens with zero attached hydrogens (tertiary/aromatic N) is 1. The average Bonchev–Trinajstić information content (AvgIpc) is 2.80. The minimum atomic E-state index is 0.538. The minimum Gasteiger partial charge on any atom is -0.314 e. The zero-order chi connectivity index (χ0) is 10.5. The van der Waals surface area contributed by atoms with Gasteiger partial charge in [-0.2, -0.15) is 11.3 Å². The maximum absolute atomic E-state index is 3.87. The molecule has 3 heteroatoms. The molecule has 0 aromatic carbocycles. The lowest BCUT2D eigenvalue weighted by Gasteiger charge is -2.34. The number of hydrogen-bond acceptors (Lipinski definition) is 3. The van der Waals surface area contributed by atoms with Crippen molar-refractivity contribution in [3.8, 4) is 0 Å². The molecule has 0 unspecified atom stereocenters. The van der Waals surface area contributed by atoms with Gasteiger partial charge >= 0.3 is 0 Å². The Kier molecular flexibility index (Phi) is 3.94. The average molecular weight is 222 g/mol. The van der Waals surface area contributed by atoms with Gasteiger partial charge in [0.2, 0.25) is 0 Å². The van der Waals surface area contributed by atoms with E-state index in [1.165, 1.54) is 5.56 Å². The van der Waals surface area contributed by atoms with Gasteiger partial charge in [0.1, 0.15) is 0 Å². The molecule has 1 saturated heterocycles. The summed E-state index contributed by atoms with van der Waals surface area (Å²) >= 11 is 1.78. The van der Waals surface area contributed by atoms with Crippen molar-refractivity contribution >= 4 is 11.3 Å². The molecule has 1 N–H and O–H groups in total. The molecule has 0 bridgehead atoms. The molecule has 2 nitrogen and oxygen atoms in total. The van der Waals surface area contributed by atoms with E-state index in [0.29, 0.717) is 6.04 Å². The van der Waals surface area contributed by atoms with Crippen molar-refractivity contribution in [3.05, 3.63) is 35.0 Å². The Morgan fingerprint density at radius 1 is 1.53 bits per heavy atom. The molecule has 1 fully saturated rings. The zero-order valence-corrected chi connectivity index (χ0v) is 9.80. The summed E-state index contributed by atoms with van der Waals surface area (Å²) in [6.45, 7) is 8.38. The van der Waals surface area contributed by atoms with Crippen LogP contribution < -0.4 is 5.32 Å². The monoisotopic (exact) mass is 222 g/mol. The lowest BCUT2D eigenvalue weighted by atomic mass is 10.0. The zero-order valence-electron chi connectivity index (χ0n) is 8.98. The summed E-state index contributed by atoms with van der Waals surface area (Å²) in [5.74, 6) is 0. The van der Waals surface area contributed by atoms with Gasteiger partial charge in [-0.25, -0.2) is 0 Å². The maximum atomic E-state index is 3.87. The summed E-state index contributed by atoms with van der Waals surface area (Å²) in [6, 6.07) is 2.77. The Bertz CT molecular complexity index is 289. The Hall–Kier alpha value is -0.640. The Morgan fingerprint density at radius 2 is 2.33 bits per heavy atom. The van der Waals surface area contributed by atoms with Gasteiger partial charge in [-0.15, -0.1) is 6.58 Å². The van der Waals surface area contributed by atoms with Gasteiger partial charge in [0.05, 0.1) is 0 Å². The molecule has 2 rings (SSSR count). The highest BCUT2D eigenvalue weighted by Crippen LogP contribution is 2.26. The van der Waals surface area contributed by atoms with E-state index in [1.54, 1.807) is 11.3 Å². The topological polar surface area (TPSA) is 15.3 Å². The standard InChI is InChI=1S/C12H18N2S/c1-2-3-12(11-4-9-15-10-11)14-7-5-13-6-8-14/h2,4,9-10,12-13H,1,3,5-8H2/t12-/m1/s1. The Balaban J connectivity index is 2.07. The third-order valence-corrected chi connectivity index (χ3v) is 3.61. The van der Waals surface area contributed by atoms with Gasteiger partial charge < -0.3 is 5.32 Å². The van der Waals surface area contributed by atoms with E-state index in [1.807, 2.05) is 6.08 Å². The smallest absolute Gasteiger partial charge is 0.0391 e. The maximum Gasteiger partial charge on any atom is 0.0391 e. The molecule has 0 spiro atoms. The van der Waals surface area contributed by atoms with Gasteiger partial charge in [0.15, 0.2) is 0 Å². The first-order valence-corrected chi connectivity index (χ1v) is 6.44. The molecule has 0 saturated carbocycles. The number of rotatable bonds is 4. The molecule has 1 aromatic rings. The van der Waals surface area contributed by atoms with E-state index < -0.39 is 0 Å². The van der Waals surface area contributed by atoms with E-state index in [4.69, 9.17) is 0 Å². The van der Waals surface area contributed by atoms with E-state index in [0.717, 1.165) is 32.6 Å². The van der Waals surface area contributed by atoms with Crippen LogP contribution in [-0.4, -0.2) is 31.1 Å². The van der Waals surface area contributed by atoms with E-state index in [9.17, 15) is 0 Å². The molecular weight excluding hydrogens is 204 g/mol. The number of thiophene rings is 1. The van der Waals surface area contributed by atoms with Crippen molar-refractivity contribution in [2.75, 3.05) is 26.2 Å². The predicted octanol–water partition coefficient (Wildman–Crippen LogP) is 2.27. The molecule has 1 aliphatic rings. The fraction of sp³-hybridized carbons (Fsp3) is 0.500. The third kappa shape index (κ3) is 2.68. The molecule has 1 aromatic heterocycles. The van der Waals surface area contributed by atoms with Crippen LogP contribution in [-0.2, 0) is 0 Å². The molecule has 2 heterocycles. The first-order valence-electron chi connectivity index (χ1n) is 5.49. The van der Waals surface area contributed by atoms with Crippen LogP contribution in [0.15, 0.2) is 29.5 Å². The molecule has 0 radical (unpaired) electrons. The van der Waals surface area contributed by atoms with Crippen molar-refractivity contribution < 1.29 is 0 Å². The predicted molar refractivity (Wildman–Crippen MR) is 66.3 cm³/mol. The second-order valence-electron chi connectivity index (χ2n) is 3.88. The van der Waals surface area contributed by atoms with Crippen molar-refractivity contribution in [1.82, 2.24) is 10.2 Å². The van der Waals surface area contributed by atoms with Crippen LogP contribution in [0.4, 0.5) is 0 Å². The summed E-state index contributed by atoms with van der Waals surface area (Å²) in [7, 11) is 0. The largest absolute Gasteiger partial charge is 0.314 e. The molecule has 0 aliphatic carbocycles. The second-order valence-corrected chi connectivity index (χ2v) is 4.66. The first-order chi connectivity index (χ1) is 7.42. The van der Waals surface area contributed by atoms with E-state index in [-0.39, 0.29) is 0 Å². The normalized spacial score (nSPS) is 20.0. The number of nitrogens with one attached hydrogen (secondary N) is 1. The minimum absolute atomic E-state index is 0.538. The summed E-state index contributed by atoms with van der Waals surface area (Å²) in [5, 5.41) is 7.81. The molecule has 1 aliphatic heterocycles. The molecule has 1 atom stereocenters. The molecular formula is C12H18N2S. The second kappa shape index (κ2) is 5.45. The summed E-state index contributed by atoms with van der Waals surface area (Å²) in [4.78, 5) is 2.56. The molecule has 0 amide bonds. The summed E-state index contributed by atoms with van der Waals surface area (Å²) in [5.41, 5.74) is 1.45. The van der Waals surface area contributed by atoms with E-state index in [2.05, 4.69) is 33.6 Å². The van der Waals surface area contributed by atoms with Gasteiger partial charge in [0.25, 0.3) is 0 Å². The lowest BCUT2D eigenvalue weighted by molar-refractivity contribution is 0.175. The van der Waals surface area contributed by atoms with Gasteiger partial charge in [0, 0.05) is 32.2 Å². The summed E-state index contributed by atoms with van der Waals surface area (Å²) in [6.07, 6.45) is 3.08. The fourth-order valence-corrected chi connectivity index (χ4v) is 2.82. The van der Waals surface area contributed by atoms with Crippen LogP contribution in [0.2, 0.25) is 0 Å². The highest BCUT2D eigenvalue weighted by Gasteiger charge is 2.20. The first kappa shape index (κ1) is 10.9. The van der Waals surface area contributed by atoms with Crippen LogP contribution in [0.3, 0.4) is 0 Å². The van der Waals surface area contributed by atoms with Gasteiger partial charge in [-0.3, -0.25) is 4.90 Å². The van der Waals surface area contributed by atoms with Crippen molar-refractivity contribution in [3.63, 3.8) is 0 Å². The van der Waals surface area contributed by atoms with Crippen LogP contribution in [0.5, 0.6) is 0 Å². The fourth-order valence-electron chi connectivity index (χ4n) is 2.11. The highest BCUT2D eigenvalue weighted by molar-refractivity contribution is 7.07. The van der Waals surface area contributed by atoms with Crippen molar-refractivity contribution in [1.29, 1.82) is 0 Å². The van der Waals surface area contributed by atoms with Gasteiger partial charge in [-0.05, 0) is 28.8 Å². The third-order valence-electron chi connectivity index (χ3n) is 2.91. The molecule has 15 heavy (non-hydrogen) atoms. The number of hydrogen-bond donors (Lipinski definition) is 1. The summed E-state index contributed by atoms with van der Waals surface area (Å²) < 4.78 is 0. The quantitative estimate of drug-likeness (QED) is 0.786. The van der Waals surface area contributed by atoms with Crippen molar-refractivity contribution in [2.45, 2.75) is 12.5 Å². The van der Waals surface area contributed by atoms with Crippen molar-refractivity contribution in [2.24, 2.45) is 0 Å². The van der Waals surface area contributed by atoms with Crippen LogP contribution >= 0.6 is 11.3 Å². The van der Waals surface area contributed by atoms with E-state index >= 15 is 0 Å². The van der Waals surface area contributed by atoms with Crippen LogP contribution in [0.1, 0.15) is 18.0 Å². The van der Waals surface area contributed by atoms with Gasteiger partial charge in [-0.1, -0.05) is 6.08 Å². The Labute approximate surface area is 95.6 Å². The lowest BCUT2D eigenvalue weighted by Crippen LogP contribution is -2.45. The van der Waals surface area contributed by atoms with Crippen LogP contribution in [0, 0.1) is 0 Å². The Morgan fingerprint density at radius 3 is 2.93 bits per heavy atom. The van der Waals surface area contributed by atoms with Crippen LogP contribution in [0.25, 0.3) is 0 Å². The molecule has 82 valence electrons. The highest BCUT2D eigenvalue weighted by atomic mass is 32.1.